The van der Waals surface area contributed by atoms with Crippen LogP contribution in [-0.2, 0) is 6.42 Å². The number of hydrogen-bond acceptors (Lipinski definition) is 2. The van der Waals surface area contributed by atoms with E-state index in [4.69, 9.17) is 0 Å². The van der Waals surface area contributed by atoms with E-state index in [-0.39, 0.29) is 0 Å². The van der Waals surface area contributed by atoms with Crippen LogP contribution in [0.15, 0.2) is 48.5 Å². The van der Waals surface area contributed by atoms with Crippen LogP contribution in [0.3, 0.4) is 0 Å². The molecule has 0 aliphatic carbocycles. The number of phenolic OH excluding ortho intramolecular Hbond substituents is 1. The molecule has 1 atom stereocenters. The van der Waals surface area contributed by atoms with Crippen LogP contribution >= 0.6 is 0 Å². The van der Waals surface area contributed by atoms with E-state index >= 15 is 0 Å². The van der Waals surface area contributed by atoms with Gasteiger partial charge in [-0.25, -0.2) is 0 Å². The van der Waals surface area contributed by atoms with Gasteiger partial charge in [-0.2, -0.15) is 0 Å². The highest BCUT2D eigenvalue weighted by Gasteiger charge is 2.29. The minimum Gasteiger partial charge on any atom is -0.508 e. The van der Waals surface area contributed by atoms with Crippen molar-refractivity contribution in [1.82, 2.24) is 4.90 Å². The van der Waals surface area contributed by atoms with Crippen molar-refractivity contribution in [2.24, 2.45) is 0 Å². The molecule has 20 heavy (non-hydrogen) atoms. The average Bonchev–Trinajstić information content (AvgIpc) is 2.47. The molecule has 2 aromatic rings. The molecule has 2 heteroatoms. The first kappa shape index (κ1) is 13.2. The van der Waals surface area contributed by atoms with Gasteiger partial charge in [-0.05, 0) is 49.1 Å². The molecule has 1 aliphatic heterocycles. The molecule has 0 bridgehead atoms. The van der Waals surface area contributed by atoms with Gasteiger partial charge in [0.15, 0.2) is 0 Å². The summed E-state index contributed by atoms with van der Waals surface area (Å²) >= 11 is 0. The zero-order valence-electron chi connectivity index (χ0n) is 12.1. The topological polar surface area (TPSA) is 23.5 Å². The second kappa shape index (κ2) is 5.29. The van der Waals surface area contributed by atoms with Crippen molar-refractivity contribution in [2.45, 2.75) is 32.4 Å². The highest BCUT2D eigenvalue weighted by molar-refractivity contribution is 5.41. The van der Waals surface area contributed by atoms with E-state index in [1.165, 1.54) is 16.7 Å². The van der Waals surface area contributed by atoms with Gasteiger partial charge in [0.2, 0.25) is 0 Å². The number of fused-ring (bicyclic) bond motifs is 1. The van der Waals surface area contributed by atoms with Gasteiger partial charge < -0.3 is 5.11 Å². The van der Waals surface area contributed by atoms with Crippen LogP contribution < -0.4 is 0 Å². The van der Waals surface area contributed by atoms with E-state index in [0.717, 1.165) is 13.0 Å². The lowest BCUT2D eigenvalue weighted by Crippen LogP contribution is -2.40. The molecule has 1 aliphatic rings. The zero-order valence-corrected chi connectivity index (χ0v) is 12.1. The van der Waals surface area contributed by atoms with Crippen LogP contribution in [0.2, 0.25) is 0 Å². The minimum absolute atomic E-state index is 0.292. The van der Waals surface area contributed by atoms with Gasteiger partial charge >= 0.3 is 0 Å². The van der Waals surface area contributed by atoms with Crippen molar-refractivity contribution >= 4 is 0 Å². The minimum atomic E-state index is 0.292. The molecule has 0 radical (unpaired) electrons. The average molecular weight is 267 g/mol. The lowest BCUT2D eigenvalue weighted by atomic mass is 9.87. The molecule has 1 heterocycles. The molecule has 2 nitrogen and oxygen atoms in total. The second-order valence-electron chi connectivity index (χ2n) is 5.77. The second-order valence-corrected chi connectivity index (χ2v) is 5.77. The number of hydrogen-bond donors (Lipinski definition) is 1. The molecular formula is C18H21NO. The van der Waals surface area contributed by atoms with Crippen molar-refractivity contribution in [1.29, 1.82) is 0 Å². The van der Waals surface area contributed by atoms with Gasteiger partial charge in [-0.15, -0.1) is 0 Å². The Bertz CT molecular complexity index is 589. The van der Waals surface area contributed by atoms with E-state index in [2.05, 4.69) is 43.0 Å². The highest BCUT2D eigenvalue weighted by Crippen LogP contribution is 2.36. The summed E-state index contributed by atoms with van der Waals surface area (Å²) in [4.78, 5) is 2.54. The standard InChI is InChI=1S/C18H21NO/c1-13(2)19-12-11-14-5-3-4-6-17(14)18(19)15-7-9-16(20)10-8-15/h3-10,13,18,20H,11-12H2,1-2H3. The molecule has 0 spiro atoms. The van der Waals surface area contributed by atoms with E-state index in [0.29, 0.717) is 17.8 Å². The predicted octanol–water partition coefficient (Wildman–Crippen LogP) is 3.75. The fraction of sp³-hybridized carbons (Fsp3) is 0.333. The third kappa shape index (κ3) is 2.32. The van der Waals surface area contributed by atoms with Crippen LogP contribution in [0.1, 0.15) is 36.6 Å². The number of phenols is 1. The smallest absolute Gasteiger partial charge is 0.115 e. The van der Waals surface area contributed by atoms with Gasteiger partial charge in [-0.1, -0.05) is 36.4 Å². The largest absolute Gasteiger partial charge is 0.508 e. The van der Waals surface area contributed by atoms with Crippen molar-refractivity contribution in [2.75, 3.05) is 6.54 Å². The van der Waals surface area contributed by atoms with Crippen molar-refractivity contribution in [3.8, 4) is 5.75 Å². The first-order valence-corrected chi connectivity index (χ1v) is 7.29. The maximum Gasteiger partial charge on any atom is 0.115 e. The Labute approximate surface area is 120 Å². The molecule has 0 aromatic heterocycles. The van der Waals surface area contributed by atoms with E-state index in [9.17, 15) is 5.11 Å². The summed E-state index contributed by atoms with van der Waals surface area (Å²) in [5.41, 5.74) is 4.10. The molecule has 0 saturated heterocycles. The predicted molar refractivity (Wildman–Crippen MR) is 81.9 cm³/mol. The third-order valence-corrected chi connectivity index (χ3v) is 4.19. The highest BCUT2D eigenvalue weighted by atomic mass is 16.3. The molecule has 1 N–H and O–H groups in total. The van der Waals surface area contributed by atoms with E-state index < -0.39 is 0 Å². The van der Waals surface area contributed by atoms with Crippen LogP contribution in [-0.4, -0.2) is 22.6 Å². The quantitative estimate of drug-likeness (QED) is 0.895. The molecule has 1 unspecified atom stereocenters. The SMILES string of the molecule is CC(C)N1CCc2ccccc2C1c1ccc(O)cc1. The summed E-state index contributed by atoms with van der Waals surface area (Å²) < 4.78 is 0. The monoisotopic (exact) mass is 267 g/mol. The molecular weight excluding hydrogens is 246 g/mol. The number of nitrogens with zero attached hydrogens (tertiary/aromatic N) is 1. The Kier molecular flexibility index (Phi) is 3.49. The fourth-order valence-electron chi connectivity index (χ4n) is 3.17. The van der Waals surface area contributed by atoms with E-state index in [1.807, 2.05) is 12.1 Å². The van der Waals surface area contributed by atoms with Gasteiger partial charge in [0.25, 0.3) is 0 Å². The first-order chi connectivity index (χ1) is 9.66. The third-order valence-electron chi connectivity index (χ3n) is 4.19. The van der Waals surface area contributed by atoms with Gasteiger partial charge in [-0.3, -0.25) is 4.90 Å². The molecule has 0 saturated carbocycles. The van der Waals surface area contributed by atoms with Crippen LogP contribution in [0.4, 0.5) is 0 Å². The van der Waals surface area contributed by atoms with E-state index in [1.54, 1.807) is 12.1 Å². The van der Waals surface area contributed by atoms with Crippen LogP contribution in [0.25, 0.3) is 0 Å². The summed E-state index contributed by atoms with van der Waals surface area (Å²) in [5, 5.41) is 9.51. The van der Waals surface area contributed by atoms with Gasteiger partial charge in [0, 0.05) is 12.6 Å². The maximum absolute atomic E-state index is 9.51. The van der Waals surface area contributed by atoms with Gasteiger partial charge in [0.05, 0.1) is 6.04 Å². The lowest BCUT2D eigenvalue weighted by Gasteiger charge is -2.40. The summed E-state index contributed by atoms with van der Waals surface area (Å²) in [6, 6.07) is 17.2. The molecule has 104 valence electrons. The van der Waals surface area contributed by atoms with Crippen molar-refractivity contribution in [3.63, 3.8) is 0 Å². The molecule has 0 amide bonds. The van der Waals surface area contributed by atoms with Crippen molar-refractivity contribution < 1.29 is 5.11 Å². The number of benzene rings is 2. The Morgan fingerprint density at radius 2 is 1.75 bits per heavy atom. The Balaban J connectivity index is 2.09. The number of aromatic hydroxyl groups is 1. The summed E-state index contributed by atoms with van der Waals surface area (Å²) in [6.07, 6.45) is 1.11. The number of rotatable bonds is 2. The maximum atomic E-state index is 9.51. The Morgan fingerprint density at radius 3 is 2.45 bits per heavy atom. The summed E-state index contributed by atoms with van der Waals surface area (Å²) in [7, 11) is 0. The Hall–Kier alpha value is -1.80. The Morgan fingerprint density at radius 1 is 1.05 bits per heavy atom. The van der Waals surface area contributed by atoms with Crippen LogP contribution in [0, 0.1) is 0 Å². The lowest BCUT2D eigenvalue weighted by molar-refractivity contribution is 0.167. The van der Waals surface area contributed by atoms with Crippen molar-refractivity contribution in [3.05, 3.63) is 65.2 Å². The zero-order chi connectivity index (χ0) is 14.1. The molecule has 3 rings (SSSR count). The summed E-state index contributed by atoms with van der Waals surface area (Å²) in [5.74, 6) is 0.328. The normalized spacial score (nSPS) is 19.1. The molecule has 2 aromatic carbocycles. The van der Waals surface area contributed by atoms with Crippen LogP contribution in [0.5, 0.6) is 5.75 Å². The fourth-order valence-corrected chi connectivity index (χ4v) is 3.17. The molecule has 0 fully saturated rings. The van der Waals surface area contributed by atoms with Gasteiger partial charge in [0.1, 0.15) is 5.75 Å². The first-order valence-electron chi connectivity index (χ1n) is 7.29. The summed E-state index contributed by atoms with van der Waals surface area (Å²) in [6.45, 7) is 5.59.